The van der Waals surface area contributed by atoms with Crippen LogP contribution in [0.25, 0.3) is 11.2 Å². The number of rotatable bonds is 8. The van der Waals surface area contributed by atoms with Crippen molar-refractivity contribution < 1.29 is 23.9 Å². The fraction of sp³-hybridized carbons (Fsp3) is 0.429. The predicted molar refractivity (Wildman–Crippen MR) is 123 cm³/mol. The van der Waals surface area contributed by atoms with Gasteiger partial charge in [0.25, 0.3) is 11.2 Å². The molecule has 14 nitrogen and oxygen atoms in total. The third kappa shape index (κ3) is 5.16. The lowest BCUT2D eigenvalue weighted by molar-refractivity contribution is -0.384. The van der Waals surface area contributed by atoms with Crippen molar-refractivity contribution in [2.45, 2.75) is 19.6 Å². The van der Waals surface area contributed by atoms with Crippen LogP contribution in [0.5, 0.6) is 5.75 Å². The van der Waals surface area contributed by atoms with E-state index in [0.29, 0.717) is 38.0 Å². The Hall–Kier alpha value is -4.20. The highest BCUT2D eigenvalue weighted by molar-refractivity contribution is 5.74. The summed E-state index contributed by atoms with van der Waals surface area (Å²) in [6, 6.07) is 5.48. The normalized spacial score (nSPS) is 14.6. The number of carbonyl (C=O) groups excluding carboxylic acids is 1. The van der Waals surface area contributed by atoms with Crippen LogP contribution in [0.1, 0.15) is 6.92 Å². The van der Waals surface area contributed by atoms with Crippen molar-refractivity contribution in [3.8, 4) is 5.75 Å². The van der Waals surface area contributed by atoms with Gasteiger partial charge in [-0.15, -0.1) is 0 Å². The van der Waals surface area contributed by atoms with Gasteiger partial charge in [0.05, 0.1) is 24.7 Å². The SMILES string of the molecule is CC(=O)O[C@@H](COc1ccc([N+](=O)[O-])cc1)Cn1c(N2CCOCC2)nc2c1c(=O)[nH]c(=O)n2C. The number of aromatic amines is 1. The number of anilines is 1. The maximum Gasteiger partial charge on any atom is 0.329 e. The molecule has 0 bridgehead atoms. The maximum atomic E-state index is 12.8. The molecule has 35 heavy (non-hydrogen) atoms. The van der Waals surface area contributed by atoms with Crippen molar-refractivity contribution in [3.63, 3.8) is 0 Å². The maximum absolute atomic E-state index is 12.8. The monoisotopic (exact) mass is 488 g/mol. The van der Waals surface area contributed by atoms with Gasteiger partial charge in [0.2, 0.25) is 5.95 Å². The van der Waals surface area contributed by atoms with Crippen LogP contribution in [-0.4, -0.2) is 69.0 Å². The number of non-ortho nitro benzene ring substituents is 1. The Balaban J connectivity index is 1.68. The summed E-state index contributed by atoms with van der Waals surface area (Å²) in [5, 5.41) is 10.9. The minimum Gasteiger partial charge on any atom is -0.490 e. The Morgan fingerprint density at radius 1 is 1.26 bits per heavy atom. The molecule has 0 radical (unpaired) electrons. The average Bonchev–Trinajstić information content (AvgIpc) is 3.21. The first-order chi connectivity index (χ1) is 16.7. The molecule has 14 heteroatoms. The lowest BCUT2D eigenvalue weighted by atomic mass is 10.3. The second kappa shape index (κ2) is 9.97. The van der Waals surface area contributed by atoms with Crippen LogP contribution in [0, 0.1) is 10.1 Å². The average molecular weight is 488 g/mol. The van der Waals surface area contributed by atoms with Gasteiger partial charge in [-0.05, 0) is 12.1 Å². The van der Waals surface area contributed by atoms with Crippen LogP contribution >= 0.6 is 0 Å². The summed E-state index contributed by atoms with van der Waals surface area (Å²) < 4.78 is 19.4. The lowest BCUT2D eigenvalue weighted by Gasteiger charge is -2.29. The summed E-state index contributed by atoms with van der Waals surface area (Å²) in [7, 11) is 1.50. The Bertz CT molecular complexity index is 1350. The van der Waals surface area contributed by atoms with Gasteiger partial charge < -0.3 is 23.7 Å². The molecule has 1 aliphatic heterocycles. The highest BCUT2D eigenvalue weighted by Crippen LogP contribution is 2.22. The zero-order chi connectivity index (χ0) is 25.1. The number of aromatic nitrogens is 4. The minimum absolute atomic E-state index is 0.0109. The van der Waals surface area contributed by atoms with Crippen molar-refractivity contribution in [2.24, 2.45) is 7.05 Å². The fourth-order valence-corrected chi connectivity index (χ4v) is 3.82. The molecule has 3 heterocycles. The molecular weight excluding hydrogens is 464 g/mol. The number of carbonyl (C=O) groups is 1. The van der Waals surface area contributed by atoms with E-state index in [0.717, 1.165) is 0 Å². The standard InChI is InChI=1S/C21H24N6O8/c1-13(28)35-16(12-34-15-5-3-14(4-6-15)27(31)32)11-26-17-18(24(2)21(30)23-19(17)29)22-20(26)25-7-9-33-10-8-25/h3-6,16H,7-12H2,1-2H3,(H,23,29,30)/t16-/m1/s1. The van der Waals surface area contributed by atoms with Crippen LogP contribution < -0.4 is 20.9 Å². The van der Waals surface area contributed by atoms with Crippen molar-refractivity contribution in [3.05, 3.63) is 55.2 Å². The van der Waals surface area contributed by atoms with E-state index in [1.807, 2.05) is 4.90 Å². The molecule has 4 rings (SSSR count). The molecule has 0 aliphatic carbocycles. The quantitative estimate of drug-likeness (QED) is 0.263. The zero-order valence-electron chi connectivity index (χ0n) is 19.1. The first-order valence-electron chi connectivity index (χ1n) is 10.8. The number of imidazole rings is 1. The smallest absolute Gasteiger partial charge is 0.329 e. The van der Waals surface area contributed by atoms with Gasteiger partial charge in [-0.3, -0.25) is 29.3 Å². The number of hydrogen-bond acceptors (Lipinski definition) is 10. The van der Waals surface area contributed by atoms with Gasteiger partial charge in [0.15, 0.2) is 17.3 Å². The number of hydrogen-bond donors (Lipinski definition) is 1. The van der Waals surface area contributed by atoms with Crippen molar-refractivity contribution in [1.29, 1.82) is 0 Å². The summed E-state index contributed by atoms with van der Waals surface area (Å²) in [4.78, 5) is 55.8. The van der Waals surface area contributed by atoms with E-state index in [-0.39, 0.29) is 30.0 Å². The number of nitrogens with zero attached hydrogens (tertiary/aromatic N) is 5. The highest BCUT2D eigenvalue weighted by atomic mass is 16.6. The predicted octanol–water partition coefficient (Wildman–Crippen LogP) is 0.179. The number of H-pyrrole nitrogens is 1. The first kappa shape index (κ1) is 23.9. The Kier molecular flexibility index (Phi) is 6.82. The summed E-state index contributed by atoms with van der Waals surface area (Å²) in [5.41, 5.74) is -0.954. The van der Waals surface area contributed by atoms with Crippen LogP contribution in [0.4, 0.5) is 11.6 Å². The van der Waals surface area contributed by atoms with Gasteiger partial charge in [-0.2, -0.15) is 4.98 Å². The molecule has 186 valence electrons. The molecule has 1 aliphatic rings. The number of nitro groups is 1. The van der Waals surface area contributed by atoms with E-state index in [1.165, 1.54) is 42.8 Å². The van der Waals surface area contributed by atoms with Crippen molar-refractivity contribution >= 4 is 28.8 Å². The number of ether oxygens (including phenoxy) is 3. The van der Waals surface area contributed by atoms with Crippen LogP contribution in [0.2, 0.25) is 0 Å². The number of benzene rings is 1. The van der Waals surface area contributed by atoms with Gasteiger partial charge >= 0.3 is 11.7 Å². The van der Waals surface area contributed by atoms with Crippen LogP contribution in [-0.2, 0) is 27.9 Å². The molecular formula is C21H24N6O8. The van der Waals surface area contributed by atoms with Crippen LogP contribution in [0.3, 0.4) is 0 Å². The first-order valence-corrected chi connectivity index (χ1v) is 10.8. The largest absolute Gasteiger partial charge is 0.490 e. The summed E-state index contributed by atoms with van der Waals surface area (Å²) >= 11 is 0. The molecule has 1 aromatic carbocycles. The highest BCUT2D eigenvalue weighted by Gasteiger charge is 2.26. The van der Waals surface area contributed by atoms with Gasteiger partial charge in [-0.1, -0.05) is 0 Å². The molecule has 1 atom stereocenters. The zero-order valence-corrected chi connectivity index (χ0v) is 19.1. The molecule has 1 saturated heterocycles. The Labute approximate surface area is 197 Å². The van der Waals surface area contributed by atoms with E-state index in [1.54, 1.807) is 4.57 Å². The third-order valence-corrected chi connectivity index (χ3v) is 5.48. The molecule has 1 N–H and O–H groups in total. The fourth-order valence-electron chi connectivity index (χ4n) is 3.82. The second-order valence-electron chi connectivity index (χ2n) is 7.91. The van der Waals surface area contributed by atoms with E-state index in [4.69, 9.17) is 14.2 Å². The molecule has 2 aromatic heterocycles. The van der Waals surface area contributed by atoms with E-state index in [9.17, 15) is 24.5 Å². The minimum atomic E-state index is -0.837. The number of nitro benzene ring substituents is 1. The Morgan fingerprint density at radius 2 is 1.94 bits per heavy atom. The number of aryl methyl sites for hydroxylation is 1. The number of nitrogens with one attached hydrogen (secondary N) is 1. The summed E-state index contributed by atoms with van der Waals surface area (Å²) in [6.07, 6.45) is -0.837. The molecule has 0 spiro atoms. The molecule has 3 aromatic rings. The Morgan fingerprint density at radius 3 is 2.57 bits per heavy atom. The van der Waals surface area contributed by atoms with Crippen molar-refractivity contribution in [1.82, 2.24) is 19.1 Å². The summed E-state index contributed by atoms with van der Waals surface area (Å²) in [6.45, 7) is 3.15. The topological polar surface area (TPSA) is 164 Å². The molecule has 0 amide bonds. The van der Waals surface area contributed by atoms with Gasteiger partial charge in [0, 0.05) is 39.2 Å². The lowest BCUT2D eigenvalue weighted by Crippen LogP contribution is -2.39. The van der Waals surface area contributed by atoms with Crippen LogP contribution in [0.15, 0.2) is 33.9 Å². The molecule has 0 saturated carbocycles. The van der Waals surface area contributed by atoms with Gasteiger partial charge in [-0.25, -0.2) is 4.79 Å². The number of esters is 1. The van der Waals surface area contributed by atoms with E-state index < -0.39 is 28.2 Å². The third-order valence-electron chi connectivity index (χ3n) is 5.48. The van der Waals surface area contributed by atoms with E-state index >= 15 is 0 Å². The number of morpholine rings is 1. The van der Waals surface area contributed by atoms with E-state index in [2.05, 4.69) is 9.97 Å². The molecule has 0 unspecified atom stereocenters. The summed E-state index contributed by atoms with van der Waals surface area (Å²) in [5.74, 6) is 0.223. The van der Waals surface area contributed by atoms with Gasteiger partial charge in [0.1, 0.15) is 12.4 Å². The van der Waals surface area contributed by atoms with Crippen molar-refractivity contribution in [2.75, 3.05) is 37.8 Å². The second-order valence-corrected chi connectivity index (χ2v) is 7.91. The molecule has 1 fully saturated rings. The number of fused-ring (bicyclic) bond motifs is 1.